The highest BCUT2D eigenvalue weighted by Gasteiger charge is 2.44. The van der Waals surface area contributed by atoms with Crippen LogP contribution in [0.3, 0.4) is 0 Å². The normalized spacial score (nSPS) is 26.9. The van der Waals surface area contributed by atoms with Crippen LogP contribution in [0.5, 0.6) is 0 Å². The predicted molar refractivity (Wildman–Crippen MR) is 111 cm³/mol. The summed E-state index contributed by atoms with van der Waals surface area (Å²) in [6.07, 6.45) is 3.34. The van der Waals surface area contributed by atoms with E-state index in [0.29, 0.717) is 30.6 Å². The van der Waals surface area contributed by atoms with Crippen molar-refractivity contribution in [1.82, 2.24) is 9.88 Å². The molecule has 29 heavy (non-hydrogen) atoms. The number of pyridine rings is 1. The highest BCUT2D eigenvalue weighted by molar-refractivity contribution is 6.32. The smallest absolute Gasteiger partial charge is 0.228 e. The summed E-state index contributed by atoms with van der Waals surface area (Å²) in [6, 6.07) is 5.67. The number of halogens is 2. The fraction of sp³-hybridized carbons (Fsp3) is 0.545. The van der Waals surface area contributed by atoms with Crippen LogP contribution >= 0.6 is 11.6 Å². The molecule has 1 aromatic carbocycles. The number of ether oxygens (including phenoxy) is 1. The van der Waals surface area contributed by atoms with Crippen molar-refractivity contribution in [3.63, 3.8) is 0 Å². The SMILES string of the molecule is CC1(N2CC[C@@H](c3cc4cc(NC(=O)C5CC5)ncc4cc3Cl)[C@H](F)C2)COC1. The number of hydrogen-bond donors (Lipinski definition) is 1. The van der Waals surface area contributed by atoms with Gasteiger partial charge in [0.05, 0.1) is 18.8 Å². The molecule has 2 saturated heterocycles. The third-order valence-corrected chi connectivity index (χ3v) is 6.89. The Morgan fingerprint density at radius 3 is 2.72 bits per heavy atom. The number of carbonyl (C=O) groups excluding carboxylic acids is 1. The molecule has 2 aromatic rings. The minimum absolute atomic E-state index is 0.0238. The maximum Gasteiger partial charge on any atom is 0.228 e. The van der Waals surface area contributed by atoms with Crippen LogP contribution in [0, 0.1) is 5.92 Å². The Kier molecular flexibility index (Phi) is 4.76. The number of fused-ring (bicyclic) bond motifs is 1. The van der Waals surface area contributed by atoms with E-state index in [2.05, 4.69) is 22.1 Å². The molecule has 0 spiro atoms. The zero-order valence-corrected chi connectivity index (χ0v) is 17.2. The molecule has 3 heterocycles. The van der Waals surface area contributed by atoms with E-state index < -0.39 is 6.17 Å². The minimum Gasteiger partial charge on any atom is -0.377 e. The van der Waals surface area contributed by atoms with E-state index in [4.69, 9.17) is 16.3 Å². The molecule has 0 bridgehead atoms. The predicted octanol–water partition coefficient (Wildman–Crippen LogP) is 4.15. The summed E-state index contributed by atoms with van der Waals surface area (Å²) in [6.45, 7) is 4.71. The summed E-state index contributed by atoms with van der Waals surface area (Å²) in [5.74, 6) is 0.446. The second-order valence-electron chi connectivity index (χ2n) is 8.90. The lowest BCUT2D eigenvalue weighted by atomic mass is 9.84. The molecule has 3 fully saturated rings. The first-order chi connectivity index (χ1) is 13.9. The van der Waals surface area contributed by atoms with Gasteiger partial charge in [-0.05, 0) is 61.9 Å². The van der Waals surface area contributed by atoms with Crippen molar-refractivity contribution in [3.05, 3.63) is 35.0 Å². The zero-order chi connectivity index (χ0) is 20.2. The maximum atomic E-state index is 15.2. The van der Waals surface area contributed by atoms with Crippen LogP contribution in [0.4, 0.5) is 10.2 Å². The highest BCUT2D eigenvalue weighted by atomic mass is 35.5. The lowest BCUT2D eigenvalue weighted by molar-refractivity contribution is -0.143. The number of carbonyl (C=O) groups is 1. The minimum atomic E-state index is -0.980. The van der Waals surface area contributed by atoms with Gasteiger partial charge >= 0.3 is 0 Å². The Balaban J connectivity index is 1.38. The van der Waals surface area contributed by atoms with Gasteiger partial charge in [-0.15, -0.1) is 0 Å². The van der Waals surface area contributed by atoms with Gasteiger partial charge < -0.3 is 10.1 Å². The largest absolute Gasteiger partial charge is 0.377 e. The third kappa shape index (κ3) is 3.62. The molecule has 0 radical (unpaired) electrons. The summed E-state index contributed by atoms with van der Waals surface area (Å²) in [5, 5.41) is 5.26. The Labute approximate surface area is 174 Å². The quantitative estimate of drug-likeness (QED) is 0.811. The molecule has 5 rings (SSSR count). The van der Waals surface area contributed by atoms with Crippen LogP contribution in [0.25, 0.3) is 10.8 Å². The first-order valence-corrected chi connectivity index (χ1v) is 10.7. The van der Waals surface area contributed by atoms with Crippen molar-refractivity contribution in [2.24, 2.45) is 5.92 Å². The molecule has 0 unspecified atom stereocenters. The molecule has 1 aromatic heterocycles. The van der Waals surface area contributed by atoms with Gasteiger partial charge in [0, 0.05) is 35.0 Å². The molecule has 1 aliphatic carbocycles. The molecule has 3 aliphatic rings. The number of benzene rings is 1. The molecule has 2 atom stereocenters. The Morgan fingerprint density at radius 1 is 1.28 bits per heavy atom. The molecular formula is C22H25ClFN3O2. The van der Waals surface area contributed by atoms with E-state index in [0.717, 1.165) is 42.1 Å². The molecule has 5 nitrogen and oxygen atoms in total. The summed E-state index contributed by atoms with van der Waals surface area (Å²) >= 11 is 6.54. The second-order valence-corrected chi connectivity index (χ2v) is 9.31. The van der Waals surface area contributed by atoms with Gasteiger partial charge in [0.1, 0.15) is 12.0 Å². The van der Waals surface area contributed by atoms with Crippen molar-refractivity contribution >= 4 is 34.1 Å². The average molecular weight is 418 g/mol. The average Bonchev–Trinajstić information content (AvgIpc) is 3.51. The number of likely N-dealkylation sites (tertiary alicyclic amines) is 1. The van der Waals surface area contributed by atoms with E-state index in [1.165, 1.54) is 0 Å². The van der Waals surface area contributed by atoms with Crippen LogP contribution < -0.4 is 5.32 Å². The molecule has 1 N–H and O–H groups in total. The van der Waals surface area contributed by atoms with E-state index >= 15 is 4.39 Å². The molecule has 7 heteroatoms. The van der Waals surface area contributed by atoms with Crippen LogP contribution in [0.1, 0.15) is 37.7 Å². The summed E-state index contributed by atoms with van der Waals surface area (Å²) < 4.78 is 20.5. The number of piperidine rings is 1. The zero-order valence-electron chi connectivity index (χ0n) is 16.5. The summed E-state index contributed by atoms with van der Waals surface area (Å²) in [5.41, 5.74) is 0.801. The fourth-order valence-corrected chi connectivity index (χ4v) is 4.75. The van der Waals surface area contributed by atoms with Crippen molar-refractivity contribution < 1.29 is 13.9 Å². The molecule has 1 amide bonds. The topological polar surface area (TPSA) is 54.5 Å². The van der Waals surface area contributed by atoms with Crippen LogP contribution in [-0.2, 0) is 9.53 Å². The van der Waals surface area contributed by atoms with Crippen molar-refractivity contribution in [1.29, 1.82) is 0 Å². The first-order valence-electron chi connectivity index (χ1n) is 10.3. The molecule has 2 aliphatic heterocycles. The van der Waals surface area contributed by atoms with Gasteiger partial charge in [-0.1, -0.05) is 11.6 Å². The van der Waals surface area contributed by atoms with Crippen LogP contribution in [0.15, 0.2) is 24.4 Å². The van der Waals surface area contributed by atoms with E-state index in [1.807, 2.05) is 18.2 Å². The van der Waals surface area contributed by atoms with Gasteiger partial charge in [-0.25, -0.2) is 9.37 Å². The lowest BCUT2D eigenvalue weighted by Gasteiger charge is -2.50. The summed E-state index contributed by atoms with van der Waals surface area (Å²) in [7, 11) is 0. The maximum absolute atomic E-state index is 15.2. The standard InChI is InChI=1S/C22H25ClFN3O2/c1-22(11-29-12-22)27-5-4-16(19(24)10-27)17-6-14-8-20(26-21(28)13-2-3-13)25-9-15(14)7-18(17)23/h6-9,13,16,19H,2-5,10-12H2,1H3,(H,25,26,28)/t16-,19+/m0/s1. The number of nitrogens with one attached hydrogen (secondary N) is 1. The van der Waals surface area contributed by atoms with Crippen molar-refractivity contribution in [2.75, 3.05) is 31.6 Å². The Bertz CT molecular complexity index is 960. The van der Waals surface area contributed by atoms with Crippen molar-refractivity contribution in [2.45, 2.75) is 43.8 Å². The third-order valence-electron chi connectivity index (χ3n) is 6.57. The fourth-order valence-electron chi connectivity index (χ4n) is 4.44. The lowest BCUT2D eigenvalue weighted by Crippen LogP contribution is -2.63. The van der Waals surface area contributed by atoms with Gasteiger partial charge in [0.25, 0.3) is 0 Å². The van der Waals surface area contributed by atoms with Gasteiger partial charge in [0.2, 0.25) is 5.91 Å². The number of aromatic nitrogens is 1. The van der Waals surface area contributed by atoms with Gasteiger partial charge in [-0.2, -0.15) is 0 Å². The number of amides is 1. The van der Waals surface area contributed by atoms with Crippen LogP contribution in [0.2, 0.25) is 5.02 Å². The first kappa shape index (κ1) is 19.2. The number of alkyl halides is 1. The number of anilines is 1. The number of rotatable bonds is 4. The highest BCUT2D eigenvalue weighted by Crippen LogP contribution is 2.40. The van der Waals surface area contributed by atoms with Gasteiger partial charge in [-0.3, -0.25) is 9.69 Å². The van der Waals surface area contributed by atoms with Crippen molar-refractivity contribution in [3.8, 4) is 0 Å². The molecule has 154 valence electrons. The Morgan fingerprint density at radius 2 is 2.07 bits per heavy atom. The number of hydrogen-bond acceptors (Lipinski definition) is 4. The second kappa shape index (κ2) is 7.18. The monoisotopic (exact) mass is 417 g/mol. The van der Waals surface area contributed by atoms with Crippen LogP contribution in [-0.4, -0.2) is 53.8 Å². The molecular weight excluding hydrogens is 393 g/mol. The van der Waals surface area contributed by atoms with E-state index in [1.54, 1.807) is 6.20 Å². The van der Waals surface area contributed by atoms with Gasteiger partial charge in [0.15, 0.2) is 0 Å². The van der Waals surface area contributed by atoms with E-state index in [9.17, 15) is 4.79 Å². The summed E-state index contributed by atoms with van der Waals surface area (Å²) in [4.78, 5) is 18.6. The van der Waals surface area contributed by atoms with E-state index in [-0.39, 0.29) is 23.3 Å². The Hall–Kier alpha value is -1.76. The number of nitrogens with zero attached hydrogens (tertiary/aromatic N) is 2. The molecule has 1 saturated carbocycles.